The van der Waals surface area contributed by atoms with Gasteiger partial charge >= 0.3 is 0 Å². The maximum Gasteiger partial charge on any atom is 0.170 e. The molecule has 1 atom stereocenters. The first-order valence-electron chi connectivity index (χ1n) is 5.20. The van der Waals surface area contributed by atoms with E-state index in [2.05, 4.69) is 15.9 Å². The molecule has 2 aromatic carbocycles. The highest BCUT2D eigenvalue weighted by atomic mass is 79.9. The molecule has 1 unspecified atom stereocenters. The van der Waals surface area contributed by atoms with Crippen LogP contribution >= 0.6 is 25.2 Å². The molecule has 2 rings (SSSR count). The van der Waals surface area contributed by atoms with Gasteiger partial charge in [0, 0.05) is 15.3 Å². The van der Waals surface area contributed by atoms with E-state index in [9.17, 15) is 17.6 Å². The molecule has 0 aliphatic carbocycles. The second-order valence-electron chi connectivity index (χ2n) is 3.82. The molecule has 7 heteroatoms. The molecule has 0 aliphatic heterocycles. The number of nitrogens with zero attached hydrogens (tertiary/aromatic N) is 1. The smallest absolute Gasteiger partial charge is 0.170 e. The molecule has 0 heterocycles. The molecule has 0 saturated carbocycles. The van der Waals surface area contributed by atoms with Gasteiger partial charge in [-0.25, -0.2) is 17.6 Å². The van der Waals surface area contributed by atoms with Gasteiger partial charge in [-0.15, -0.1) is 0 Å². The molecular weight excluding hydrogens is 357 g/mol. The topological polar surface area (TPSA) is 23.8 Å². The Morgan fingerprint density at radius 1 is 1.00 bits per heavy atom. The fourth-order valence-corrected chi connectivity index (χ4v) is 2.50. The first kappa shape index (κ1) is 15.0. The first-order valence-corrected chi connectivity index (χ1v) is 6.57. The van der Waals surface area contributed by atoms with Gasteiger partial charge in [-0.3, -0.25) is 0 Å². The van der Waals surface area contributed by atoms with Crippen LogP contribution in [0.4, 0.5) is 17.6 Å². The second-order valence-corrected chi connectivity index (χ2v) is 5.19. The third-order valence-corrected chi connectivity index (χ3v) is 4.05. The summed E-state index contributed by atoms with van der Waals surface area (Å²) in [5, 5.41) is 8.05. The zero-order chi connectivity index (χ0) is 15.0. The fourth-order valence-electron chi connectivity index (χ4n) is 1.70. The Morgan fingerprint density at radius 3 is 2.05 bits per heavy atom. The van der Waals surface area contributed by atoms with Crippen LogP contribution in [-0.2, 0) is 0 Å². The molecule has 0 radical (unpaired) electrons. The van der Waals surface area contributed by atoms with Gasteiger partial charge in [-0.1, -0.05) is 21.4 Å². The number of nitriles is 1. The average Bonchev–Trinajstić information content (AvgIpc) is 2.45. The van der Waals surface area contributed by atoms with Crippen molar-refractivity contribution in [2.75, 3.05) is 0 Å². The van der Waals surface area contributed by atoms with Crippen molar-refractivity contribution in [1.82, 2.24) is 0 Å². The maximum atomic E-state index is 13.9. The van der Waals surface area contributed by atoms with E-state index < -0.39 is 34.1 Å². The monoisotopic (exact) mass is 361 g/mol. The third kappa shape index (κ3) is 2.21. The molecular formula is C13H5BrF4NP. The van der Waals surface area contributed by atoms with E-state index in [-0.39, 0.29) is 15.6 Å². The standard InChI is InChI=1S/C13H5BrF4NP/c14-8-5(4-19)2-1-3-6(8)7-9(15)11(17)13(20)12(18)10(7)16/h1-3H,20H2. The zero-order valence-electron chi connectivity index (χ0n) is 9.65. The Balaban J connectivity index is 2.88. The van der Waals surface area contributed by atoms with Gasteiger partial charge in [0.05, 0.1) is 11.1 Å². The third-order valence-electron chi connectivity index (χ3n) is 2.69. The number of hydrogen-bond acceptors (Lipinski definition) is 1. The van der Waals surface area contributed by atoms with Crippen LogP contribution < -0.4 is 5.30 Å². The second kappa shape index (κ2) is 5.51. The molecule has 1 nitrogen and oxygen atoms in total. The summed E-state index contributed by atoms with van der Waals surface area (Å²) >= 11 is 3.01. The van der Waals surface area contributed by atoms with Crippen LogP contribution in [0.15, 0.2) is 22.7 Å². The van der Waals surface area contributed by atoms with Crippen molar-refractivity contribution in [2.45, 2.75) is 0 Å². The van der Waals surface area contributed by atoms with E-state index >= 15 is 0 Å². The van der Waals surface area contributed by atoms with Crippen molar-refractivity contribution in [1.29, 1.82) is 5.26 Å². The lowest BCUT2D eigenvalue weighted by molar-refractivity contribution is 0.468. The highest BCUT2D eigenvalue weighted by Crippen LogP contribution is 2.35. The summed E-state index contributed by atoms with van der Waals surface area (Å²) in [5.74, 6) is -5.99. The highest BCUT2D eigenvalue weighted by molar-refractivity contribution is 9.10. The number of halogens is 5. The van der Waals surface area contributed by atoms with Crippen molar-refractivity contribution < 1.29 is 17.6 Å². The lowest BCUT2D eigenvalue weighted by atomic mass is 10.0. The van der Waals surface area contributed by atoms with E-state index in [0.29, 0.717) is 0 Å². The van der Waals surface area contributed by atoms with E-state index in [4.69, 9.17) is 5.26 Å². The van der Waals surface area contributed by atoms with Gasteiger partial charge in [-0.2, -0.15) is 5.26 Å². The summed E-state index contributed by atoms with van der Waals surface area (Å²) in [7, 11) is 1.61. The van der Waals surface area contributed by atoms with Crippen molar-refractivity contribution in [3.05, 3.63) is 51.5 Å². The van der Waals surface area contributed by atoms with Crippen LogP contribution in [0.5, 0.6) is 0 Å². The van der Waals surface area contributed by atoms with E-state index in [1.807, 2.05) is 0 Å². The molecule has 0 spiro atoms. The molecule has 2 aromatic rings. The van der Waals surface area contributed by atoms with Crippen LogP contribution in [0.25, 0.3) is 11.1 Å². The fraction of sp³-hybridized carbons (Fsp3) is 0. The minimum absolute atomic E-state index is 0.0654. The van der Waals surface area contributed by atoms with Crippen LogP contribution in [0, 0.1) is 34.6 Å². The Hall–Kier alpha value is -1.44. The van der Waals surface area contributed by atoms with Crippen LogP contribution in [-0.4, -0.2) is 0 Å². The van der Waals surface area contributed by atoms with Crippen molar-refractivity contribution in [3.8, 4) is 17.2 Å². The first-order chi connectivity index (χ1) is 9.40. The summed E-state index contributed by atoms with van der Waals surface area (Å²) in [6.45, 7) is 0. The van der Waals surface area contributed by atoms with E-state index in [1.54, 1.807) is 15.3 Å². The quantitative estimate of drug-likeness (QED) is 0.427. The van der Waals surface area contributed by atoms with E-state index in [0.717, 1.165) is 0 Å². The van der Waals surface area contributed by atoms with Crippen molar-refractivity contribution in [3.63, 3.8) is 0 Å². The highest BCUT2D eigenvalue weighted by Gasteiger charge is 2.25. The zero-order valence-corrected chi connectivity index (χ0v) is 12.4. The minimum atomic E-state index is -1.51. The summed E-state index contributed by atoms with van der Waals surface area (Å²) < 4.78 is 55.0. The molecule has 0 aliphatic rings. The maximum absolute atomic E-state index is 13.9. The summed E-state index contributed by atoms with van der Waals surface area (Å²) in [4.78, 5) is 0. The molecule has 0 aromatic heterocycles. The van der Waals surface area contributed by atoms with Gasteiger partial charge in [0.2, 0.25) is 0 Å². The van der Waals surface area contributed by atoms with Crippen molar-refractivity contribution >= 4 is 30.5 Å². The normalized spacial score (nSPS) is 10.4. The predicted molar refractivity (Wildman–Crippen MR) is 73.5 cm³/mol. The number of benzene rings is 2. The lowest BCUT2D eigenvalue weighted by Crippen LogP contribution is -2.13. The van der Waals surface area contributed by atoms with Gasteiger partial charge in [0.25, 0.3) is 0 Å². The van der Waals surface area contributed by atoms with Crippen LogP contribution in [0.3, 0.4) is 0 Å². The van der Waals surface area contributed by atoms with Crippen LogP contribution in [0.1, 0.15) is 5.56 Å². The largest absolute Gasteiger partial charge is 0.203 e. The van der Waals surface area contributed by atoms with Gasteiger partial charge in [-0.05, 0) is 22.0 Å². The van der Waals surface area contributed by atoms with Crippen LogP contribution in [0.2, 0.25) is 0 Å². The minimum Gasteiger partial charge on any atom is -0.203 e. The van der Waals surface area contributed by atoms with Gasteiger partial charge in [0.15, 0.2) is 23.3 Å². The average molecular weight is 362 g/mol. The Morgan fingerprint density at radius 2 is 1.55 bits per heavy atom. The van der Waals surface area contributed by atoms with Gasteiger partial charge < -0.3 is 0 Å². The summed E-state index contributed by atoms with van der Waals surface area (Å²) in [6.07, 6.45) is 0. The van der Waals surface area contributed by atoms with Crippen molar-refractivity contribution in [2.24, 2.45) is 0 Å². The molecule has 20 heavy (non-hydrogen) atoms. The predicted octanol–water partition coefficient (Wildman–Crippen LogP) is 4.04. The molecule has 102 valence electrons. The Bertz CT molecular complexity index is 726. The SMILES string of the molecule is N#Cc1cccc(-c2c(F)c(F)c(P)c(F)c2F)c1Br. The summed E-state index contributed by atoms with van der Waals surface area (Å²) in [5.41, 5.74) is -0.894. The molecule has 0 bridgehead atoms. The molecule has 0 amide bonds. The summed E-state index contributed by atoms with van der Waals surface area (Å²) in [6, 6.07) is 5.83. The molecule has 0 saturated heterocycles. The Labute approximate surface area is 122 Å². The Kier molecular flexibility index (Phi) is 4.12. The number of hydrogen-bond donors (Lipinski definition) is 0. The van der Waals surface area contributed by atoms with Gasteiger partial charge in [0.1, 0.15) is 6.07 Å². The lowest BCUT2D eigenvalue weighted by Gasteiger charge is -2.11. The number of rotatable bonds is 1. The molecule has 0 fully saturated rings. The van der Waals surface area contributed by atoms with E-state index in [1.165, 1.54) is 18.2 Å². The molecule has 0 N–H and O–H groups in total.